The van der Waals surface area contributed by atoms with Crippen LogP contribution in [0.25, 0.3) is 0 Å². The van der Waals surface area contributed by atoms with E-state index in [2.05, 4.69) is 6.92 Å². The lowest BCUT2D eigenvalue weighted by atomic mass is 10.2. The number of ether oxygens (including phenoxy) is 2. The number of anilines is 1. The summed E-state index contributed by atoms with van der Waals surface area (Å²) in [4.78, 5) is 0. The van der Waals surface area contributed by atoms with Crippen molar-refractivity contribution in [3.05, 3.63) is 18.2 Å². The fraction of sp³-hybridized carbons (Fsp3) is 0.455. The molecule has 0 spiro atoms. The number of rotatable bonds is 4. The summed E-state index contributed by atoms with van der Waals surface area (Å²) in [5.41, 5.74) is 6.41. The molecule has 1 aromatic rings. The van der Waals surface area contributed by atoms with Gasteiger partial charge in [0.2, 0.25) is 0 Å². The molecule has 0 heterocycles. The molecule has 3 heteroatoms. The zero-order valence-electron chi connectivity index (χ0n) is 8.91. The number of hydrogen-bond acceptors (Lipinski definition) is 3. The summed E-state index contributed by atoms with van der Waals surface area (Å²) in [6.45, 7) is 4.08. The van der Waals surface area contributed by atoms with Crippen molar-refractivity contribution in [2.45, 2.75) is 26.4 Å². The Morgan fingerprint density at radius 2 is 2.00 bits per heavy atom. The van der Waals surface area contributed by atoms with E-state index in [0.29, 0.717) is 17.2 Å². The summed E-state index contributed by atoms with van der Waals surface area (Å²) in [5, 5.41) is 0. The maximum Gasteiger partial charge on any atom is 0.146 e. The molecule has 2 N–H and O–H groups in total. The molecule has 78 valence electrons. The Kier molecular flexibility index (Phi) is 3.63. The van der Waals surface area contributed by atoms with E-state index in [1.54, 1.807) is 7.11 Å². The van der Waals surface area contributed by atoms with Crippen LogP contribution in [0.4, 0.5) is 5.69 Å². The molecule has 1 aromatic carbocycles. The van der Waals surface area contributed by atoms with Crippen LogP contribution in [-0.4, -0.2) is 13.2 Å². The minimum absolute atomic E-state index is 0.171. The topological polar surface area (TPSA) is 44.5 Å². The molecule has 0 aromatic heterocycles. The third-order valence-corrected chi connectivity index (χ3v) is 2.15. The van der Waals surface area contributed by atoms with Gasteiger partial charge in [-0.25, -0.2) is 0 Å². The highest BCUT2D eigenvalue weighted by atomic mass is 16.5. The van der Waals surface area contributed by atoms with Gasteiger partial charge in [0.1, 0.15) is 17.2 Å². The standard InChI is InChI=1S/C11H17NO2/c1-4-8(2)14-10-7-5-6-9(13-3)11(10)12/h5-8H,4,12H2,1-3H3. The Balaban J connectivity index is 2.86. The molecule has 1 atom stereocenters. The molecule has 0 radical (unpaired) electrons. The quantitative estimate of drug-likeness (QED) is 0.750. The highest BCUT2D eigenvalue weighted by Crippen LogP contribution is 2.31. The maximum absolute atomic E-state index is 5.85. The smallest absolute Gasteiger partial charge is 0.146 e. The second-order valence-electron chi connectivity index (χ2n) is 3.21. The predicted octanol–water partition coefficient (Wildman–Crippen LogP) is 2.45. The van der Waals surface area contributed by atoms with Gasteiger partial charge in [-0.15, -0.1) is 0 Å². The molecule has 1 unspecified atom stereocenters. The lowest BCUT2D eigenvalue weighted by Crippen LogP contribution is -2.11. The average Bonchev–Trinajstić information content (AvgIpc) is 2.21. The van der Waals surface area contributed by atoms with Gasteiger partial charge in [-0.3, -0.25) is 0 Å². The number of nitrogens with two attached hydrogens (primary N) is 1. The highest BCUT2D eigenvalue weighted by Gasteiger charge is 2.08. The second kappa shape index (κ2) is 4.74. The van der Waals surface area contributed by atoms with Crippen LogP contribution in [0.5, 0.6) is 11.5 Å². The normalized spacial score (nSPS) is 12.2. The summed E-state index contributed by atoms with van der Waals surface area (Å²) in [6.07, 6.45) is 1.13. The van der Waals surface area contributed by atoms with E-state index in [9.17, 15) is 0 Å². The molecular formula is C11H17NO2. The lowest BCUT2D eigenvalue weighted by molar-refractivity contribution is 0.218. The van der Waals surface area contributed by atoms with Crippen molar-refractivity contribution < 1.29 is 9.47 Å². The largest absolute Gasteiger partial charge is 0.494 e. The van der Waals surface area contributed by atoms with Crippen LogP contribution in [0.15, 0.2) is 18.2 Å². The first-order valence-electron chi connectivity index (χ1n) is 4.78. The summed E-state index contributed by atoms with van der Waals surface area (Å²) < 4.78 is 10.7. The lowest BCUT2D eigenvalue weighted by Gasteiger charge is -2.15. The zero-order chi connectivity index (χ0) is 10.6. The third kappa shape index (κ3) is 2.31. The van der Waals surface area contributed by atoms with E-state index in [1.807, 2.05) is 25.1 Å². The second-order valence-corrected chi connectivity index (χ2v) is 3.21. The van der Waals surface area contributed by atoms with Crippen molar-refractivity contribution in [3.63, 3.8) is 0 Å². The molecule has 0 saturated heterocycles. The maximum atomic E-state index is 5.85. The van der Waals surface area contributed by atoms with E-state index < -0.39 is 0 Å². The molecule has 14 heavy (non-hydrogen) atoms. The van der Waals surface area contributed by atoms with Gasteiger partial charge in [-0.1, -0.05) is 13.0 Å². The Morgan fingerprint density at radius 1 is 1.36 bits per heavy atom. The van der Waals surface area contributed by atoms with Crippen LogP contribution in [0.2, 0.25) is 0 Å². The van der Waals surface area contributed by atoms with Crippen molar-refractivity contribution in [2.75, 3.05) is 12.8 Å². The van der Waals surface area contributed by atoms with Gasteiger partial charge in [-0.05, 0) is 25.5 Å². The van der Waals surface area contributed by atoms with Crippen LogP contribution < -0.4 is 15.2 Å². The van der Waals surface area contributed by atoms with Crippen LogP contribution in [0.3, 0.4) is 0 Å². The van der Waals surface area contributed by atoms with Crippen molar-refractivity contribution in [1.29, 1.82) is 0 Å². The van der Waals surface area contributed by atoms with Crippen LogP contribution in [-0.2, 0) is 0 Å². The minimum Gasteiger partial charge on any atom is -0.494 e. The van der Waals surface area contributed by atoms with E-state index >= 15 is 0 Å². The molecule has 0 aliphatic heterocycles. The summed E-state index contributed by atoms with van der Waals surface area (Å²) in [7, 11) is 1.60. The van der Waals surface area contributed by atoms with Crippen molar-refractivity contribution in [3.8, 4) is 11.5 Å². The molecule has 0 saturated carbocycles. The minimum atomic E-state index is 0.171. The van der Waals surface area contributed by atoms with Crippen molar-refractivity contribution >= 4 is 5.69 Å². The van der Waals surface area contributed by atoms with Gasteiger partial charge >= 0.3 is 0 Å². The zero-order valence-corrected chi connectivity index (χ0v) is 8.91. The van der Waals surface area contributed by atoms with Gasteiger partial charge in [-0.2, -0.15) is 0 Å². The van der Waals surface area contributed by atoms with E-state index in [4.69, 9.17) is 15.2 Å². The van der Waals surface area contributed by atoms with Crippen LogP contribution in [0.1, 0.15) is 20.3 Å². The first-order chi connectivity index (χ1) is 6.69. The Hall–Kier alpha value is -1.38. The molecule has 1 rings (SSSR count). The van der Waals surface area contributed by atoms with E-state index in [1.165, 1.54) is 0 Å². The van der Waals surface area contributed by atoms with E-state index in [0.717, 1.165) is 6.42 Å². The van der Waals surface area contributed by atoms with Gasteiger partial charge in [0.25, 0.3) is 0 Å². The van der Waals surface area contributed by atoms with Crippen LogP contribution >= 0.6 is 0 Å². The third-order valence-electron chi connectivity index (χ3n) is 2.15. The number of nitrogen functional groups attached to an aromatic ring is 1. The average molecular weight is 195 g/mol. The molecule has 0 bridgehead atoms. The Labute approximate surface area is 84.8 Å². The highest BCUT2D eigenvalue weighted by molar-refractivity contribution is 5.62. The summed E-state index contributed by atoms with van der Waals surface area (Å²) in [5.74, 6) is 1.35. The SMILES string of the molecule is CCC(C)Oc1cccc(OC)c1N. The number of methoxy groups -OCH3 is 1. The van der Waals surface area contributed by atoms with Crippen molar-refractivity contribution in [1.82, 2.24) is 0 Å². The van der Waals surface area contributed by atoms with Crippen molar-refractivity contribution in [2.24, 2.45) is 0 Å². The molecule has 0 fully saturated rings. The van der Waals surface area contributed by atoms with E-state index in [-0.39, 0.29) is 6.10 Å². The molecule has 0 aliphatic carbocycles. The molecule has 0 aliphatic rings. The summed E-state index contributed by atoms with van der Waals surface area (Å²) >= 11 is 0. The molecule has 0 amide bonds. The predicted molar refractivity (Wildman–Crippen MR) is 57.8 cm³/mol. The molecular weight excluding hydrogens is 178 g/mol. The fourth-order valence-corrected chi connectivity index (χ4v) is 1.10. The van der Waals surface area contributed by atoms with Gasteiger partial charge in [0.05, 0.1) is 13.2 Å². The number of benzene rings is 1. The Morgan fingerprint density at radius 3 is 2.57 bits per heavy atom. The first-order valence-corrected chi connectivity index (χ1v) is 4.78. The molecule has 3 nitrogen and oxygen atoms in total. The van der Waals surface area contributed by atoms with Crippen LogP contribution in [0, 0.1) is 0 Å². The van der Waals surface area contributed by atoms with Gasteiger partial charge in [0, 0.05) is 0 Å². The number of hydrogen-bond donors (Lipinski definition) is 1. The first kappa shape index (κ1) is 10.7. The summed E-state index contributed by atoms with van der Waals surface area (Å²) in [6, 6.07) is 5.54. The Bertz CT molecular complexity index is 299. The van der Waals surface area contributed by atoms with Gasteiger partial charge in [0.15, 0.2) is 0 Å². The monoisotopic (exact) mass is 195 g/mol. The number of para-hydroxylation sites is 1. The fourth-order valence-electron chi connectivity index (χ4n) is 1.10. The van der Waals surface area contributed by atoms with Gasteiger partial charge < -0.3 is 15.2 Å².